The van der Waals surface area contributed by atoms with Crippen molar-refractivity contribution in [3.05, 3.63) is 35.1 Å². The lowest BCUT2D eigenvalue weighted by molar-refractivity contribution is -0.140. The van der Waals surface area contributed by atoms with E-state index in [-0.39, 0.29) is 25.9 Å². The van der Waals surface area contributed by atoms with Gasteiger partial charge in [0.05, 0.1) is 12.7 Å². The lowest BCUT2D eigenvalue weighted by Gasteiger charge is -2.32. The Balaban J connectivity index is 0.000000623. The Labute approximate surface area is 192 Å². The zero-order chi connectivity index (χ0) is 25.4. The molecule has 1 aromatic rings. The molecular weight excluding hydrogens is 449 g/mol. The molecule has 0 unspecified atom stereocenters. The van der Waals surface area contributed by atoms with Crippen LogP contribution in [0.3, 0.4) is 0 Å². The summed E-state index contributed by atoms with van der Waals surface area (Å²) in [7, 11) is 1.18. The molecule has 0 spiro atoms. The quantitative estimate of drug-likeness (QED) is 0.399. The van der Waals surface area contributed by atoms with Crippen LogP contribution in [0.15, 0.2) is 18.2 Å². The van der Waals surface area contributed by atoms with E-state index in [0.717, 1.165) is 12.1 Å². The zero-order valence-electron chi connectivity index (χ0n) is 19.6. The van der Waals surface area contributed by atoms with Crippen molar-refractivity contribution < 1.29 is 42.4 Å². The van der Waals surface area contributed by atoms with E-state index in [1.807, 2.05) is 20.8 Å². The second-order valence-electron chi connectivity index (χ2n) is 9.26. The van der Waals surface area contributed by atoms with Gasteiger partial charge in [0.2, 0.25) is 0 Å². The summed E-state index contributed by atoms with van der Waals surface area (Å²) >= 11 is 0. The molecule has 0 aromatic heterocycles. The van der Waals surface area contributed by atoms with E-state index in [4.69, 9.17) is 4.74 Å². The number of carbonyl (C=O) groups is 2. The highest BCUT2D eigenvalue weighted by Crippen LogP contribution is 2.32. The van der Waals surface area contributed by atoms with Gasteiger partial charge in [-0.05, 0) is 83.6 Å². The molecule has 0 atom stereocenters. The van der Waals surface area contributed by atoms with Crippen LogP contribution in [0, 0.1) is 5.82 Å². The Morgan fingerprint density at radius 2 is 1.73 bits per heavy atom. The zero-order valence-corrected chi connectivity index (χ0v) is 19.6. The fraction of sp³-hybridized carbons (Fsp3) is 0.652. The summed E-state index contributed by atoms with van der Waals surface area (Å²) in [5.74, 6) is -1.53. The molecule has 0 aliphatic heterocycles. The lowest BCUT2D eigenvalue weighted by Crippen LogP contribution is -2.42. The molecule has 1 aliphatic rings. The predicted molar refractivity (Wildman–Crippen MR) is 115 cm³/mol. The van der Waals surface area contributed by atoms with Crippen molar-refractivity contribution in [1.82, 2.24) is 5.32 Å². The highest BCUT2D eigenvalue weighted by molar-refractivity contribution is 5.69. The van der Waals surface area contributed by atoms with Gasteiger partial charge in [-0.25, -0.2) is 13.6 Å². The third-order valence-electron chi connectivity index (χ3n) is 4.88. The molecule has 10 heteroatoms. The normalized spacial score (nSPS) is 20.8. The van der Waals surface area contributed by atoms with E-state index in [1.54, 1.807) is 6.92 Å². The van der Waals surface area contributed by atoms with Crippen molar-refractivity contribution in [2.75, 3.05) is 7.11 Å². The average Bonchev–Trinajstić information content (AvgIpc) is 2.66. The van der Waals surface area contributed by atoms with Crippen LogP contribution in [0.5, 0.6) is 0 Å². The van der Waals surface area contributed by atoms with Gasteiger partial charge >= 0.3 is 18.2 Å². The van der Waals surface area contributed by atoms with Crippen LogP contribution >= 0.6 is 0 Å². The molecular formula is C23H34F5NO4. The lowest BCUT2D eigenvalue weighted by atomic mass is 9.85. The van der Waals surface area contributed by atoms with Crippen LogP contribution in [0.2, 0.25) is 0 Å². The molecule has 0 saturated heterocycles. The smallest absolute Gasteiger partial charge is 0.416 e. The first-order valence-corrected chi connectivity index (χ1v) is 10.6. The molecule has 0 heterocycles. The maximum atomic E-state index is 13.5. The third kappa shape index (κ3) is 11.9. The second kappa shape index (κ2) is 11.7. The van der Waals surface area contributed by atoms with Crippen LogP contribution in [-0.2, 0) is 26.9 Å². The summed E-state index contributed by atoms with van der Waals surface area (Å²) in [6, 6.07) is 2.27. The number of methoxy groups -OCH3 is 1. The molecule has 1 aliphatic carbocycles. The van der Waals surface area contributed by atoms with Gasteiger partial charge in [0.1, 0.15) is 17.1 Å². The number of aryl methyl sites for hydroxylation is 1. The van der Waals surface area contributed by atoms with E-state index >= 15 is 0 Å². The van der Waals surface area contributed by atoms with Crippen molar-refractivity contribution in [2.45, 2.75) is 89.7 Å². The number of amides is 1. The van der Waals surface area contributed by atoms with Crippen LogP contribution in [0.1, 0.15) is 72.4 Å². The molecule has 33 heavy (non-hydrogen) atoms. The average molecular weight is 484 g/mol. The first-order chi connectivity index (χ1) is 15.0. The van der Waals surface area contributed by atoms with Crippen LogP contribution in [-0.4, -0.2) is 36.5 Å². The first kappa shape index (κ1) is 28.6. The van der Waals surface area contributed by atoms with Crippen molar-refractivity contribution in [3.63, 3.8) is 0 Å². The number of esters is 1. The third-order valence-corrected chi connectivity index (χ3v) is 4.88. The summed E-state index contributed by atoms with van der Waals surface area (Å²) < 4.78 is 73.0. The standard InChI is InChI=1S/C12H22FNO2.C11H10F4O2.H2/c1-11(2,3)16-10(15)14-9-5-7-12(4,13)8-6-9;1-17-10(16)3-2-7-4-8(11(13,14)15)6-9(12)5-7;/h9H,5-8H2,1-4H3,(H,14,15);4-6H,2-3H2,1H3;1H. The maximum absolute atomic E-state index is 13.5. The fourth-order valence-electron chi connectivity index (χ4n) is 3.15. The fourth-order valence-corrected chi connectivity index (χ4v) is 3.15. The number of hydrogen-bond donors (Lipinski definition) is 1. The molecule has 0 radical (unpaired) electrons. The van der Waals surface area contributed by atoms with Gasteiger partial charge in [-0.2, -0.15) is 13.2 Å². The van der Waals surface area contributed by atoms with E-state index in [0.29, 0.717) is 31.7 Å². The summed E-state index contributed by atoms with van der Waals surface area (Å²) in [5.41, 5.74) is -2.49. The number of halogens is 5. The Hall–Kier alpha value is -2.39. The Morgan fingerprint density at radius 1 is 1.15 bits per heavy atom. The summed E-state index contributed by atoms with van der Waals surface area (Å²) in [5, 5.41) is 2.79. The Kier molecular flexibility index (Phi) is 10.1. The van der Waals surface area contributed by atoms with Gasteiger partial charge < -0.3 is 14.8 Å². The van der Waals surface area contributed by atoms with Gasteiger partial charge in [-0.1, -0.05) is 0 Å². The minimum atomic E-state index is -4.60. The molecule has 2 rings (SSSR count). The Bertz CT molecular complexity index is 800. The molecule has 1 N–H and O–H groups in total. The highest BCUT2D eigenvalue weighted by atomic mass is 19.4. The number of nitrogens with one attached hydrogen (secondary N) is 1. The second-order valence-corrected chi connectivity index (χ2v) is 9.26. The van der Waals surface area contributed by atoms with E-state index in [1.165, 1.54) is 7.11 Å². The molecule has 1 fully saturated rings. The Morgan fingerprint density at radius 3 is 2.21 bits per heavy atom. The van der Waals surface area contributed by atoms with Crippen molar-refractivity contribution in [1.29, 1.82) is 0 Å². The monoisotopic (exact) mass is 483 g/mol. The largest absolute Gasteiger partial charge is 0.469 e. The van der Waals surface area contributed by atoms with Gasteiger partial charge in [-0.3, -0.25) is 4.79 Å². The van der Waals surface area contributed by atoms with Gasteiger partial charge in [-0.15, -0.1) is 0 Å². The van der Waals surface area contributed by atoms with E-state index in [2.05, 4.69) is 10.1 Å². The van der Waals surface area contributed by atoms with E-state index < -0.39 is 40.9 Å². The summed E-state index contributed by atoms with van der Waals surface area (Å²) in [6.45, 7) is 7.10. The SMILES string of the molecule is CC1(F)CCC(NC(=O)OC(C)(C)C)CC1.COC(=O)CCc1cc(F)cc(C(F)(F)F)c1.[HH]. The number of carbonyl (C=O) groups excluding carboxylic acids is 2. The molecule has 1 saturated carbocycles. The molecule has 0 bridgehead atoms. The van der Waals surface area contributed by atoms with Crippen molar-refractivity contribution in [2.24, 2.45) is 0 Å². The van der Waals surface area contributed by atoms with Crippen LogP contribution in [0.25, 0.3) is 0 Å². The number of benzene rings is 1. The highest BCUT2D eigenvalue weighted by Gasteiger charge is 2.32. The molecule has 1 amide bonds. The number of ether oxygens (including phenoxy) is 2. The molecule has 5 nitrogen and oxygen atoms in total. The van der Waals surface area contributed by atoms with Gasteiger partial charge in [0.25, 0.3) is 0 Å². The van der Waals surface area contributed by atoms with Gasteiger partial charge in [0.15, 0.2) is 0 Å². The first-order valence-electron chi connectivity index (χ1n) is 10.6. The van der Waals surface area contributed by atoms with Crippen molar-refractivity contribution in [3.8, 4) is 0 Å². The minimum absolute atomic E-state index is 0. The van der Waals surface area contributed by atoms with E-state index in [9.17, 15) is 31.5 Å². The summed E-state index contributed by atoms with van der Waals surface area (Å²) in [4.78, 5) is 22.3. The van der Waals surface area contributed by atoms with Crippen molar-refractivity contribution >= 4 is 12.1 Å². The minimum Gasteiger partial charge on any atom is -0.469 e. The maximum Gasteiger partial charge on any atom is 0.416 e. The molecule has 1 aromatic carbocycles. The topological polar surface area (TPSA) is 64.6 Å². The van der Waals surface area contributed by atoms with Crippen LogP contribution < -0.4 is 5.32 Å². The number of alkyl halides is 4. The predicted octanol–water partition coefficient (Wildman–Crippen LogP) is 6.38. The number of hydrogen-bond acceptors (Lipinski definition) is 4. The molecule has 190 valence electrons. The van der Waals surface area contributed by atoms with Gasteiger partial charge in [0, 0.05) is 13.9 Å². The summed E-state index contributed by atoms with van der Waals surface area (Å²) in [6.07, 6.45) is -2.69. The number of alkyl carbamates (subject to hydrolysis) is 1. The number of rotatable bonds is 4. The van der Waals surface area contributed by atoms with Crippen LogP contribution in [0.4, 0.5) is 26.7 Å².